The highest BCUT2D eigenvalue weighted by Gasteiger charge is 2.18. The van der Waals surface area contributed by atoms with Gasteiger partial charge in [-0.3, -0.25) is 4.79 Å². The van der Waals surface area contributed by atoms with Crippen molar-refractivity contribution < 1.29 is 14.3 Å². The second kappa shape index (κ2) is 8.73. The molecule has 1 heterocycles. The van der Waals surface area contributed by atoms with Crippen molar-refractivity contribution in [2.75, 3.05) is 19.0 Å². The predicted molar refractivity (Wildman–Crippen MR) is 92.2 cm³/mol. The number of rotatable bonds is 8. The maximum absolute atomic E-state index is 11.6. The fourth-order valence-corrected chi connectivity index (χ4v) is 3.60. The summed E-state index contributed by atoms with van der Waals surface area (Å²) in [4.78, 5) is 11.6. The molecule has 1 aromatic heterocycles. The summed E-state index contributed by atoms with van der Waals surface area (Å²) in [5.41, 5.74) is 1.12. The first-order valence-electron chi connectivity index (χ1n) is 7.16. The summed E-state index contributed by atoms with van der Waals surface area (Å²) >= 11 is 2.77. The quantitative estimate of drug-likeness (QED) is 0.577. The van der Waals surface area contributed by atoms with E-state index in [1.54, 1.807) is 21.0 Å². The number of esters is 1. The highest BCUT2D eigenvalue weighted by Crippen LogP contribution is 2.29. The first-order chi connectivity index (χ1) is 11.1. The van der Waals surface area contributed by atoms with Gasteiger partial charge in [-0.1, -0.05) is 35.2 Å². The second-order valence-electron chi connectivity index (χ2n) is 4.59. The number of aromatic nitrogens is 2. The molecule has 0 saturated carbocycles. The van der Waals surface area contributed by atoms with Crippen LogP contribution in [0.25, 0.3) is 0 Å². The van der Waals surface area contributed by atoms with E-state index in [0.29, 0.717) is 13.2 Å². The number of anilines is 1. The summed E-state index contributed by atoms with van der Waals surface area (Å²) in [6.45, 7) is 4.63. The van der Waals surface area contributed by atoms with Crippen molar-refractivity contribution in [3.05, 3.63) is 29.8 Å². The van der Waals surface area contributed by atoms with E-state index in [4.69, 9.17) is 9.47 Å². The molecule has 2 aromatic rings. The Labute approximate surface area is 143 Å². The zero-order chi connectivity index (χ0) is 16.7. The zero-order valence-electron chi connectivity index (χ0n) is 13.2. The van der Waals surface area contributed by atoms with Gasteiger partial charge in [-0.2, -0.15) is 0 Å². The average Bonchev–Trinajstić information content (AvgIpc) is 3.01. The third-order valence-electron chi connectivity index (χ3n) is 2.91. The van der Waals surface area contributed by atoms with Crippen molar-refractivity contribution in [1.29, 1.82) is 0 Å². The van der Waals surface area contributed by atoms with Crippen LogP contribution in [-0.2, 0) is 16.1 Å². The monoisotopic (exact) mass is 353 g/mol. The van der Waals surface area contributed by atoms with Crippen LogP contribution in [-0.4, -0.2) is 35.1 Å². The summed E-state index contributed by atoms with van der Waals surface area (Å²) in [5, 5.41) is 11.8. The molecule has 0 spiro atoms. The van der Waals surface area contributed by atoms with Crippen molar-refractivity contribution in [3.8, 4) is 5.75 Å². The van der Waals surface area contributed by atoms with Gasteiger partial charge in [0.15, 0.2) is 4.34 Å². The van der Waals surface area contributed by atoms with E-state index in [0.717, 1.165) is 20.8 Å². The normalized spacial score (nSPS) is 11.8. The van der Waals surface area contributed by atoms with E-state index in [1.165, 1.54) is 23.1 Å². The van der Waals surface area contributed by atoms with Gasteiger partial charge >= 0.3 is 5.97 Å². The van der Waals surface area contributed by atoms with Crippen LogP contribution in [0.15, 0.2) is 28.6 Å². The lowest BCUT2D eigenvalue weighted by atomic mass is 10.2. The third-order valence-corrected chi connectivity index (χ3v) is 4.95. The smallest absolute Gasteiger partial charge is 0.319 e. The summed E-state index contributed by atoms with van der Waals surface area (Å²) < 4.78 is 10.8. The van der Waals surface area contributed by atoms with Crippen LogP contribution in [0.5, 0.6) is 5.75 Å². The predicted octanol–water partition coefficient (Wildman–Crippen LogP) is 3.20. The molecule has 0 aliphatic rings. The number of hydrogen-bond donors (Lipinski definition) is 1. The van der Waals surface area contributed by atoms with Crippen LogP contribution in [0.4, 0.5) is 5.13 Å². The molecule has 6 nitrogen and oxygen atoms in total. The highest BCUT2D eigenvalue weighted by atomic mass is 32.2. The van der Waals surface area contributed by atoms with Gasteiger partial charge in [-0.25, -0.2) is 0 Å². The zero-order valence-corrected chi connectivity index (χ0v) is 14.9. The summed E-state index contributed by atoms with van der Waals surface area (Å²) in [6, 6.07) is 7.82. The molecule has 0 bridgehead atoms. The number of carbonyl (C=O) groups is 1. The van der Waals surface area contributed by atoms with Crippen molar-refractivity contribution in [3.63, 3.8) is 0 Å². The van der Waals surface area contributed by atoms with Crippen LogP contribution in [0.2, 0.25) is 0 Å². The molecule has 0 unspecified atom stereocenters. The summed E-state index contributed by atoms with van der Waals surface area (Å²) in [6.07, 6.45) is 0. The molecule has 0 aliphatic carbocycles. The summed E-state index contributed by atoms with van der Waals surface area (Å²) in [5.74, 6) is 0.594. The Hall–Kier alpha value is -1.80. The van der Waals surface area contributed by atoms with Crippen LogP contribution in [0.3, 0.4) is 0 Å². The van der Waals surface area contributed by atoms with Gasteiger partial charge in [0.05, 0.1) is 13.7 Å². The second-order valence-corrected chi connectivity index (χ2v) is 7.15. The standard InChI is InChI=1S/C15H19N3O3S2/c1-4-21-13(19)10(2)22-15-18-17-14(23-15)16-9-11-5-7-12(20-3)8-6-11/h5-8,10H,4,9H2,1-3H3,(H,16,17)/t10-/m1/s1. The fourth-order valence-electron chi connectivity index (χ4n) is 1.71. The minimum absolute atomic E-state index is 0.236. The molecule has 23 heavy (non-hydrogen) atoms. The van der Waals surface area contributed by atoms with Gasteiger partial charge < -0.3 is 14.8 Å². The topological polar surface area (TPSA) is 73.3 Å². The van der Waals surface area contributed by atoms with Gasteiger partial charge in [0.25, 0.3) is 0 Å². The minimum atomic E-state index is -0.294. The van der Waals surface area contributed by atoms with E-state index in [2.05, 4.69) is 15.5 Å². The van der Waals surface area contributed by atoms with E-state index < -0.39 is 0 Å². The van der Waals surface area contributed by atoms with Crippen molar-refractivity contribution >= 4 is 34.2 Å². The minimum Gasteiger partial charge on any atom is -0.497 e. The first-order valence-corrected chi connectivity index (χ1v) is 8.85. The molecule has 0 aliphatic heterocycles. The first kappa shape index (κ1) is 17.6. The summed E-state index contributed by atoms with van der Waals surface area (Å²) in [7, 11) is 1.64. The number of carbonyl (C=O) groups excluding carboxylic acids is 1. The highest BCUT2D eigenvalue weighted by molar-refractivity contribution is 8.02. The van der Waals surface area contributed by atoms with E-state index >= 15 is 0 Å². The number of benzene rings is 1. The molecule has 8 heteroatoms. The Bertz CT molecular complexity index is 631. The van der Waals surface area contributed by atoms with Gasteiger partial charge in [0, 0.05) is 6.54 Å². The van der Waals surface area contributed by atoms with Crippen LogP contribution in [0, 0.1) is 0 Å². The van der Waals surface area contributed by atoms with E-state index in [1.807, 2.05) is 24.3 Å². The fraction of sp³-hybridized carbons (Fsp3) is 0.400. The Morgan fingerprint density at radius 1 is 1.35 bits per heavy atom. The van der Waals surface area contributed by atoms with E-state index in [9.17, 15) is 4.79 Å². The van der Waals surface area contributed by atoms with Gasteiger partial charge in [-0.05, 0) is 31.5 Å². The number of ether oxygens (including phenoxy) is 2. The largest absolute Gasteiger partial charge is 0.497 e. The number of hydrogen-bond acceptors (Lipinski definition) is 8. The Balaban J connectivity index is 1.85. The van der Waals surface area contributed by atoms with Gasteiger partial charge in [0.2, 0.25) is 5.13 Å². The van der Waals surface area contributed by atoms with Crippen molar-refractivity contribution in [1.82, 2.24) is 10.2 Å². The van der Waals surface area contributed by atoms with Crippen LogP contribution >= 0.6 is 23.1 Å². The molecule has 0 radical (unpaired) electrons. The molecule has 1 N–H and O–H groups in total. The van der Waals surface area contributed by atoms with Gasteiger partial charge in [-0.15, -0.1) is 10.2 Å². The molecule has 124 valence electrons. The lowest BCUT2D eigenvalue weighted by molar-refractivity contribution is -0.142. The average molecular weight is 353 g/mol. The lowest BCUT2D eigenvalue weighted by Gasteiger charge is -2.07. The molecule has 2 rings (SSSR count). The molecule has 1 aromatic carbocycles. The maximum Gasteiger partial charge on any atom is 0.319 e. The number of nitrogens with one attached hydrogen (secondary N) is 1. The number of nitrogens with zero attached hydrogens (tertiary/aromatic N) is 2. The van der Waals surface area contributed by atoms with Crippen molar-refractivity contribution in [2.45, 2.75) is 30.0 Å². The Morgan fingerprint density at radius 2 is 2.09 bits per heavy atom. The Morgan fingerprint density at radius 3 is 2.74 bits per heavy atom. The third kappa shape index (κ3) is 5.40. The molecule has 0 fully saturated rings. The maximum atomic E-state index is 11.6. The van der Waals surface area contributed by atoms with E-state index in [-0.39, 0.29) is 11.2 Å². The molecule has 0 saturated heterocycles. The molecule has 1 atom stereocenters. The lowest BCUT2D eigenvalue weighted by Crippen LogP contribution is -2.16. The number of methoxy groups -OCH3 is 1. The van der Waals surface area contributed by atoms with Crippen LogP contribution in [0.1, 0.15) is 19.4 Å². The molecular formula is C15H19N3O3S2. The Kier molecular flexibility index (Phi) is 6.66. The van der Waals surface area contributed by atoms with Crippen LogP contribution < -0.4 is 10.1 Å². The molecular weight excluding hydrogens is 334 g/mol. The van der Waals surface area contributed by atoms with Crippen molar-refractivity contribution in [2.24, 2.45) is 0 Å². The molecule has 0 amide bonds. The van der Waals surface area contributed by atoms with Gasteiger partial charge in [0.1, 0.15) is 11.0 Å². The number of thioether (sulfide) groups is 1. The SMILES string of the molecule is CCOC(=O)[C@@H](C)Sc1nnc(NCc2ccc(OC)cc2)s1.